The van der Waals surface area contributed by atoms with Crippen LogP contribution in [0.2, 0.25) is 0 Å². The number of aromatic amines is 1. The van der Waals surface area contributed by atoms with Crippen LogP contribution in [0.3, 0.4) is 0 Å². The van der Waals surface area contributed by atoms with Gasteiger partial charge in [-0.25, -0.2) is 4.98 Å². The number of H-pyrrole nitrogens is 1. The summed E-state index contributed by atoms with van der Waals surface area (Å²) in [5, 5.41) is 0.588. The van der Waals surface area contributed by atoms with E-state index in [1.807, 2.05) is 72.8 Å². The number of benzene rings is 3. The zero-order valence-corrected chi connectivity index (χ0v) is 12.8. The van der Waals surface area contributed by atoms with Crippen molar-refractivity contribution < 1.29 is 4.74 Å². The molecule has 0 aliphatic carbocycles. The van der Waals surface area contributed by atoms with E-state index in [1.165, 1.54) is 0 Å². The summed E-state index contributed by atoms with van der Waals surface area (Å²) in [5.74, 6) is 2.06. The van der Waals surface area contributed by atoms with Crippen LogP contribution in [0.15, 0.2) is 83.7 Å². The number of hydrogen-bond donors (Lipinski definition) is 1. The van der Waals surface area contributed by atoms with Crippen molar-refractivity contribution in [3.63, 3.8) is 0 Å². The Kier molecular flexibility index (Phi) is 3.56. The van der Waals surface area contributed by atoms with Crippen LogP contribution in [0.4, 0.5) is 0 Å². The summed E-state index contributed by atoms with van der Waals surface area (Å²) in [7, 11) is 0. The predicted molar refractivity (Wildman–Crippen MR) is 94.3 cm³/mol. The number of fused-ring (bicyclic) bond motifs is 1. The highest BCUT2D eigenvalue weighted by atomic mass is 16.5. The van der Waals surface area contributed by atoms with Gasteiger partial charge >= 0.3 is 0 Å². The lowest BCUT2D eigenvalue weighted by Gasteiger charge is -2.07. The zero-order chi connectivity index (χ0) is 16.4. The van der Waals surface area contributed by atoms with Crippen LogP contribution < -0.4 is 10.3 Å². The van der Waals surface area contributed by atoms with Gasteiger partial charge in [0.1, 0.15) is 17.3 Å². The van der Waals surface area contributed by atoms with Crippen molar-refractivity contribution in [3.8, 4) is 22.9 Å². The molecule has 0 bridgehead atoms. The van der Waals surface area contributed by atoms with Crippen LogP contribution in [0.25, 0.3) is 22.3 Å². The molecule has 24 heavy (non-hydrogen) atoms. The third kappa shape index (κ3) is 2.77. The number of nitrogens with zero attached hydrogens (tertiary/aromatic N) is 1. The molecule has 116 valence electrons. The van der Waals surface area contributed by atoms with E-state index < -0.39 is 0 Å². The quantitative estimate of drug-likeness (QED) is 0.610. The van der Waals surface area contributed by atoms with E-state index in [0.717, 1.165) is 17.1 Å². The van der Waals surface area contributed by atoms with Crippen molar-refractivity contribution in [2.24, 2.45) is 0 Å². The third-order valence-electron chi connectivity index (χ3n) is 3.72. The molecular weight excluding hydrogens is 300 g/mol. The van der Waals surface area contributed by atoms with Crippen LogP contribution in [-0.4, -0.2) is 9.97 Å². The number of nitrogens with one attached hydrogen (secondary N) is 1. The van der Waals surface area contributed by atoms with Gasteiger partial charge in [-0.15, -0.1) is 0 Å². The zero-order valence-electron chi connectivity index (χ0n) is 12.8. The molecule has 4 nitrogen and oxygen atoms in total. The van der Waals surface area contributed by atoms with Crippen molar-refractivity contribution in [1.82, 2.24) is 9.97 Å². The Hall–Kier alpha value is -3.40. The monoisotopic (exact) mass is 314 g/mol. The molecule has 4 rings (SSSR count). The second kappa shape index (κ2) is 6.01. The number of para-hydroxylation sites is 2. The average Bonchev–Trinajstić information content (AvgIpc) is 2.63. The number of hydrogen-bond acceptors (Lipinski definition) is 3. The standard InChI is InChI=1S/C20H14N2O2/c23-20-17-8-4-5-9-18(17)21-19(22-20)14-10-12-16(13-11-14)24-15-6-2-1-3-7-15/h1-13H,(H,21,22,23). The Bertz CT molecular complexity index is 1040. The highest BCUT2D eigenvalue weighted by molar-refractivity contribution is 5.79. The minimum atomic E-state index is -0.139. The molecule has 0 amide bonds. The molecule has 3 aromatic carbocycles. The van der Waals surface area contributed by atoms with Crippen LogP contribution in [0, 0.1) is 0 Å². The Morgan fingerprint density at radius 3 is 2.21 bits per heavy atom. The SMILES string of the molecule is O=c1[nH]c(-c2ccc(Oc3ccccc3)cc2)nc2ccccc12. The summed E-state index contributed by atoms with van der Waals surface area (Å²) in [5.41, 5.74) is 1.37. The minimum Gasteiger partial charge on any atom is -0.457 e. The van der Waals surface area contributed by atoms with Crippen molar-refractivity contribution in [3.05, 3.63) is 89.2 Å². The first kappa shape index (κ1) is 14.2. The Morgan fingerprint density at radius 2 is 1.42 bits per heavy atom. The van der Waals surface area contributed by atoms with E-state index >= 15 is 0 Å². The molecule has 0 spiro atoms. The van der Waals surface area contributed by atoms with Crippen molar-refractivity contribution in [2.75, 3.05) is 0 Å². The van der Waals surface area contributed by atoms with Crippen LogP contribution in [0.1, 0.15) is 0 Å². The molecule has 0 saturated carbocycles. The topological polar surface area (TPSA) is 55.0 Å². The maximum absolute atomic E-state index is 12.2. The fourth-order valence-corrected chi connectivity index (χ4v) is 2.53. The lowest BCUT2D eigenvalue weighted by Crippen LogP contribution is -2.09. The summed E-state index contributed by atoms with van der Waals surface area (Å²) < 4.78 is 5.77. The fourth-order valence-electron chi connectivity index (χ4n) is 2.53. The summed E-state index contributed by atoms with van der Waals surface area (Å²) in [6.45, 7) is 0. The maximum atomic E-state index is 12.2. The molecule has 0 radical (unpaired) electrons. The van der Waals surface area contributed by atoms with E-state index in [1.54, 1.807) is 6.07 Å². The minimum absolute atomic E-state index is 0.139. The van der Waals surface area contributed by atoms with Crippen molar-refractivity contribution in [2.45, 2.75) is 0 Å². The Morgan fingerprint density at radius 1 is 0.750 bits per heavy atom. The first-order valence-electron chi connectivity index (χ1n) is 7.62. The van der Waals surface area contributed by atoms with Crippen LogP contribution >= 0.6 is 0 Å². The number of aromatic nitrogens is 2. The van der Waals surface area contributed by atoms with E-state index in [0.29, 0.717) is 16.7 Å². The van der Waals surface area contributed by atoms with Crippen LogP contribution in [-0.2, 0) is 0 Å². The van der Waals surface area contributed by atoms with Gasteiger partial charge < -0.3 is 9.72 Å². The highest BCUT2D eigenvalue weighted by Gasteiger charge is 2.06. The summed E-state index contributed by atoms with van der Waals surface area (Å²) in [6.07, 6.45) is 0. The van der Waals surface area contributed by atoms with Gasteiger partial charge in [0.2, 0.25) is 0 Å². The van der Waals surface area contributed by atoms with Crippen molar-refractivity contribution in [1.29, 1.82) is 0 Å². The second-order valence-electron chi connectivity index (χ2n) is 5.37. The smallest absolute Gasteiger partial charge is 0.259 e. The molecule has 0 unspecified atom stereocenters. The van der Waals surface area contributed by atoms with Gasteiger partial charge in [0, 0.05) is 5.56 Å². The summed E-state index contributed by atoms with van der Waals surface area (Å²) in [4.78, 5) is 19.5. The predicted octanol–water partition coefficient (Wildman–Crippen LogP) is 4.38. The summed E-state index contributed by atoms with van der Waals surface area (Å²) >= 11 is 0. The average molecular weight is 314 g/mol. The molecule has 4 heteroatoms. The summed E-state index contributed by atoms with van der Waals surface area (Å²) in [6, 6.07) is 24.4. The van der Waals surface area contributed by atoms with Gasteiger partial charge in [0.25, 0.3) is 5.56 Å². The third-order valence-corrected chi connectivity index (χ3v) is 3.72. The largest absolute Gasteiger partial charge is 0.457 e. The lowest BCUT2D eigenvalue weighted by atomic mass is 10.2. The van der Waals surface area contributed by atoms with E-state index in [4.69, 9.17) is 4.74 Å². The molecule has 1 aromatic heterocycles. The molecule has 0 atom stereocenters. The van der Waals surface area contributed by atoms with Gasteiger partial charge in [0.15, 0.2) is 0 Å². The normalized spacial score (nSPS) is 10.7. The van der Waals surface area contributed by atoms with E-state index in [9.17, 15) is 4.79 Å². The molecular formula is C20H14N2O2. The van der Waals surface area contributed by atoms with Gasteiger partial charge in [0.05, 0.1) is 10.9 Å². The Balaban J connectivity index is 1.67. The van der Waals surface area contributed by atoms with Gasteiger partial charge in [-0.2, -0.15) is 0 Å². The van der Waals surface area contributed by atoms with Crippen LogP contribution in [0.5, 0.6) is 11.5 Å². The van der Waals surface area contributed by atoms with Gasteiger partial charge in [-0.1, -0.05) is 30.3 Å². The molecule has 0 saturated heterocycles. The Labute approximate surface area is 138 Å². The molecule has 0 aliphatic heterocycles. The van der Waals surface area contributed by atoms with Gasteiger partial charge in [-0.05, 0) is 48.5 Å². The molecule has 0 aliphatic rings. The molecule has 1 N–H and O–H groups in total. The lowest BCUT2D eigenvalue weighted by molar-refractivity contribution is 0.483. The highest BCUT2D eigenvalue weighted by Crippen LogP contribution is 2.24. The van der Waals surface area contributed by atoms with Crippen molar-refractivity contribution >= 4 is 10.9 Å². The molecule has 1 heterocycles. The fraction of sp³-hybridized carbons (Fsp3) is 0. The van der Waals surface area contributed by atoms with Gasteiger partial charge in [-0.3, -0.25) is 4.79 Å². The first-order chi connectivity index (χ1) is 11.8. The van der Waals surface area contributed by atoms with E-state index in [2.05, 4.69) is 9.97 Å². The number of rotatable bonds is 3. The maximum Gasteiger partial charge on any atom is 0.259 e. The molecule has 0 fully saturated rings. The number of ether oxygens (including phenoxy) is 1. The van der Waals surface area contributed by atoms with E-state index in [-0.39, 0.29) is 5.56 Å². The first-order valence-corrected chi connectivity index (χ1v) is 7.62. The molecule has 4 aromatic rings. The second-order valence-corrected chi connectivity index (χ2v) is 5.37.